The first-order valence-corrected chi connectivity index (χ1v) is 18.5. The van der Waals surface area contributed by atoms with E-state index in [1.807, 2.05) is 4.57 Å². The second-order valence-electron chi connectivity index (χ2n) is 12.1. The highest BCUT2D eigenvalue weighted by molar-refractivity contribution is 6.94. The number of nitrogens with two attached hydrogens (primary N) is 1. The van der Waals surface area contributed by atoms with Crippen molar-refractivity contribution in [2.24, 2.45) is 0 Å². The zero-order valence-electron chi connectivity index (χ0n) is 24.5. The number of anilines is 1. The van der Waals surface area contributed by atoms with Crippen LogP contribution in [0.4, 0.5) is 5.82 Å². The lowest BCUT2D eigenvalue weighted by atomic mass is 10.1. The Kier molecular flexibility index (Phi) is 9.02. The molecule has 2 aromatic rings. The van der Waals surface area contributed by atoms with Crippen molar-refractivity contribution in [3.05, 3.63) is 12.7 Å². The molecule has 0 unspecified atom stereocenters. The molecule has 0 spiro atoms. The largest absolute Gasteiger partial charge is 0.414 e. The van der Waals surface area contributed by atoms with Crippen LogP contribution in [0.5, 0.6) is 0 Å². The molecule has 10 nitrogen and oxygen atoms in total. The molecule has 38 heavy (non-hydrogen) atoms. The van der Waals surface area contributed by atoms with Gasteiger partial charge in [0.2, 0.25) is 0 Å². The van der Waals surface area contributed by atoms with E-state index in [2.05, 4.69) is 70.3 Å². The Morgan fingerprint density at radius 1 is 0.974 bits per heavy atom. The molecular formula is C26H47N5O5Si2. The number of nitrogen functional groups attached to an aromatic ring is 1. The average Bonchev–Trinajstić information content (AvgIpc) is 3.41. The van der Waals surface area contributed by atoms with E-state index in [-0.39, 0.29) is 18.3 Å². The van der Waals surface area contributed by atoms with Gasteiger partial charge in [0.1, 0.15) is 30.2 Å². The van der Waals surface area contributed by atoms with Crippen LogP contribution >= 0.6 is 0 Å². The highest BCUT2D eigenvalue weighted by Crippen LogP contribution is 2.51. The maximum absolute atomic E-state index is 7.50. The Morgan fingerprint density at radius 3 is 2.24 bits per heavy atom. The van der Waals surface area contributed by atoms with Gasteiger partial charge in [-0.1, -0.05) is 55.4 Å². The molecule has 2 N–H and O–H groups in total. The number of nitrogens with zero attached hydrogens (tertiary/aromatic N) is 4. The van der Waals surface area contributed by atoms with E-state index in [9.17, 15) is 0 Å². The smallest absolute Gasteiger partial charge is 0.198 e. The third-order valence-electron chi connectivity index (χ3n) is 8.88. The summed E-state index contributed by atoms with van der Waals surface area (Å²) >= 11 is 0. The van der Waals surface area contributed by atoms with Crippen LogP contribution < -0.4 is 5.73 Å². The van der Waals surface area contributed by atoms with Crippen molar-refractivity contribution in [2.75, 3.05) is 32.7 Å². The molecule has 12 heteroatoms. The van der Waals surface area contributed by atoms with E-state index in [1.165, 1.54) is 6.33 Å². The number of methoxy groups -OCH3 is 1. The summed E-state index contributed by atoms with van der Waals surface area (Å²) in [6, 6.07) is 0. The summed E-state index contributed by atoms with van der Waals surface area (Å²) in [5.74, 6) is 0.338. The molecule has 2 aliphatic rings. The van der Waals surface area contributed by atoms with Gasteiger partial charge in [0.25, 0.3) is 0 Å². The number of hydrogen-bond donors (Lipinski definition) is 1. The van der Waals surface area contributed by atoms with Crippen molar-refractivity contribution in [1.29, 1.82) is 0 Å². The van der Waals surface area contributed by atoms with Crippen LogP contribution in [0.3, 0.4) is 0 Å². The van der Waals surface area contributed by atoms with Crippen molar-refractivity contribution < 1.29 is 23.1 Å². The summed E-state index contributed by atoms with van der Waals surface area (Å²) in [5.41, 5.74) is 10.1. The van der Waals surface area contributed by atoms with E-state index < -0.39 is 22.9 Å². The molecule has 2 fully saturated rings. The first-order chi connectivity index (χ1) is 18.0. The van der Waals surface area contributed by atoms with Gasteiger partial charge in [-0.05, 0) is 27.8 Å². The normalized spacial score (nSPS) is 27.4. The number of aromatic nitrogens is 4. The van der Waals surface area contributed by atoms with E-state index in [1.54, 1.807) is 13.4 Å². The predicted molar refractivity (Wildman–Crippen MR) is 153 cm³/mol. The van der Waals surface area contributed by atoms with Crippen molar-refractivity contribution in [3.8, 4) is 0 Å². The highest BCUT2D eigenvalue weighted by atomic mass is 28.4. The van der Waals surface area contributed by atoms with Crippen LogP contribution in [-0.4, -0.2) is 81.4 Å². The van der Waals surface area contributed by atoms with Gasteiger partial charge in [-0.25, -0.2) is 15.0 Å². The van der Waals surface area contributed by atoms with E-state index in [0.717, 1.165) is 5.67 Å². The molecule has 2 aliphatic heterocycles. The van der Waals surface area contributed by atoms with E-state index in [4.69, 9.17) is 28.8 Å². The van der Waals surface area contributed by atoms with Crippen LogP contribution in [0.1, 0.15) is 61.6 Å². The lowest BCUT2D eigenvalue weighted by Crippen LogP contribution is -2.63. The zero-order chi connectivity index (χ0) is 27.8. The average molecular weight is 566 g/mol. The predicted octanol–water partition coefficient (Wildman–Crippen LogP) is 4.82. The Hall–Kier alpha value is -1.42. The van der Waals surface area contributed by atoms with Crippen LogP contribution in [0.25, 0.3) is 11.2 Å². The first-order valence-electron chi connectivity index (χ1n) is 14.0. The van der Waals surface area contributed by atoms with Crippen molar-refractivity contribution in [2.45, 2.75) is 108 Å². The maximum atomic E-state index is 7.50. The number of hydrogen-bond acceptors (Lipinski definition) is 9. The Morgan fingerprint density at radius 2 is 1.63 bits per heavy atom. The summed E-state index contributed by atoms with van der Waals surface area (Å²) in [6.07, 6.45) is 1.72. The van der Waals surface area contributed by atoms with Gasteiger partial charge in [0.05, 0.1) is 26.1 Å². The Labute approximate surface area is 229 Å². The van der Waals surface area contributed by atoms with Gasteiger partial charge < -0.3 is 28.8 Å². The first kappa shape index (κ1) is 29.6. The van der Waals surface area contributed by atoms with Gasteiger partial charge in [-0.2, -0.15) is 0 Å². The summed E-state index contributed by atoms with van der Waals surface area (Å²) in [4.78, 5) is 13.1. The fourth-order valence-electron chi connectivity index (χ4n) is 6.48. The topological polar surface area (TPSA) is 116 Å². The molecule has 0 aliphatic carbocycles. The fraction of sp³-hybridized carbons (Fsp3) is 0.808. The van der Waals surface area contributed by atoms with Crippen LogP contribution in [0, 0.1) is 0 Å². The fourth-order valence-corrected chi connectivity index (χ4v) is 22.4. The third-order valence-corrected chi connectivity index (χ3v) is 22.5. The summed E-state index contributed by atoms with van der Waals surface area (Å²) in [5, 5.41) is 0. The molecular weight excluding hydrogens is 518 g/mol. The molecule has 0 aromatic carbocycles. The van der Waals surface area contributed by atoms with Crippen LogP contribution in [0.2, 0.25) is 27.8 Å². The lowest BCUT2D eigenvalue weighted by Gasteiger charge is -2.52. The summed E-state index contributed by atoms with van der Waals surface area (Å²) in [7, 11) is -2.88. The van der Waals surface area contributed by atoms with Gasteiger partial charge in [0, 0.05) is 7.11 Å². The summed E-state index contributed by atoms with van der Waals surface area (Å²) < 4.78 is 35.1. The molecule has 0 amide bonds. The van der Waals surface area contributed by atoms with Crippen LogP contribution in [-0.2, 0) is 23.1 Å². The minimum atomic E-state index is -2.36. The monoisotopic (exact) mass is 565 g/mol. The standard InChI is InChI=1S/C26H47N5O5Si2/c1-16(2)37(17(3)4)15-38(18(5)6,19(7)8)36-22-20(12-34-37)35-26(23(22)33-11-10-32-9)31-14-30-21-24(27)28-13-29-25(21)31/h13-14,16-20,22-23,26H,10-12,15H2,1-9H3,(H2,27,28,29)/t20-,22-,23-,26-/m1/s1. The second kappa shape index (κ2) is 11.6. The quantitative estimate of drug-likeness (QED) is 0.337. The van der Waals surface area contributed by atoms with E-state index >= 15 is 0 Å². The zero-order valence-corrected chi connectivity index (χ0v) is 26.5. The van der Waals surface area contributed by atoms with Gasteiger partial charge in [-0.15, -0.1) is 0 Å². The molecule has 0 bridgehead atoms. The minimum absolute atomic E-state index is 0.279. The van der Waals surface area contributed by atoms with Gasteiger partial charge in [-0.3, -0.25) is 4.57 Å². The highest BCUT2D eigenvalue weighted by Gasteiger charge is 2.60. The molecule has 4 heterocycles. The molecule has 4 atom stereocenters. The van der Waals surface area contributed by atoms with Gasteiger partial charge >= 0.3 is 0 Å². The minimum Gasteiger partial charge on any atom is -0.414 e. The molecule has 2 aromatic heterocycles. The van der Waals surface area contributed by atoms with Crippen molar-refractivity contribution >= 4 is 33.6 Å². The van der Waals surface area contributed by atoms with Crippen molar-refractivity contribution in [1.82, 2.24) is 19.5 Å². The number of fused-ring (bicyclic) bond motifs is 2. The molecule has 0 radical (unpaired) electrons. The molecule has 0 saturated carbocycles. The van der Waals surface area contributed by atoms with Gasteiger partial charge in [0.15, 0.2) is 34.3 Å². The Bertz CT molecular complexity index is 1070. The summed E-state index contributed by atoms with van der Waals surface area (Å²) in [6.45, 7) is 20.1. The number of ether oxygens (including phenoxy) is 3. The molecule has 4 rings (SSSR count). The maximum Gasteiger partial charge on any atom is 0.198 e. The van der Waals surface area contributed by atoms with Crippen molar-refractivity contribution in [3.63, 3.8) is 0 Å². The molecule has 2 saturated heterocycles. The SMILES string of the molecule is COCCO[C@@H]1[C@@H]2O[Si](C(C)C)(C(C)C)C[Si](C(C)C)(C(C)C)OC[C@H]2O[C@H]1n1cnc2c(N)ncnc21. The Balaban J connectivity index is 1.81. The number of rotatable bonds is 9. The second-order valence-corrected chi connectivity index (χ2v) is 22.5. The lowest BCUT2D eigenvalue weighted by molar-refractivity contribution is -0.0771. The molecule has 214 valence electrons. The van der Waals surface area contributed by atoms with E-state index in [0.29, 0.717) is 59.0 Å². The van der Waals surface area contributed by atoms with Crippen LogP contribution in [0.15, 0.2) is 12.7 Å². The third kappa shape index (κ3) is 5.08. The number of imidazole rings is 1.